The standard InChI is InChI=1S/C17H22O4/c1-14(10-6-3-4-9-13-20-15(2)18)21-17(19)16-11-7-5-8-12-16/h5-8,10-12,14H,3-4,9,13H2,1-2H3/b10-6+. The van der Waals surface area contributed by atoms with Crippen LogP contribution in [0.3, 0.4) is 0 Å². The third-order valence-electron chi connectivity index (χ3n) is 2.78. The van der Waals surface area contributed by atoms with E-state index >= 15 is 0 Å². The predicted octanol–water partition coefficient (Wildman–Crippen LogP) is 3.52. The number of hydrogen-bond donors (Lipinski definition) is 0. The molecule has 1 rings (SSSR count). The lowest BCUT2D eigenvalue weighted by atomic mass is 10.2. The second kappa shape index (κ2) is 9.75. The molecule has 0 saturated heterocycles. The second-order valence-electron chi connectivity index (χ2n) is 4.74. The Morgan fingerprint density at radius 2 is 1.90 bits per heavy atom. The van der Waals surface area contributed by atoms with Crippen molar-refractivity contribution >= 4 is 11.9 Å². The molecule has 0 bridgehead atoms. The van der Waals surface area contributed by atoms with E-state index in [1.807, 2.05) is 25.1 Å². The summed E-state index contributed by atoms with van der Waals surface area (Å²) >= 11 is 0. The Bertz CT molecular complexity index is 465. The molecule has 0 saturated carbocycles. The second-order valence-corrected chi connectivity index (χ2v) is 4.74. The van der Waals surface area contributed by atoms with Gasteiger partial charge in [0.2, 0.25) is 0 Å². The molecular formula is C17H22O4. The monoisotopic (exact) mass is 290 g/mol. The highest BCUT2D eigenvalue weighted by atomic mass is 16.5. The average molecular weight is 290 g/mol. The minimum atomic E-state index is -0.317. The smallest absolute Gasteiger partial charge is 0.338 e. The molecule has 0 aromatic heterocycles. The van der Waals surface area contributed by atoms with Crippen LogP contribution in [0.5, 0.6) is 0 Å². The maximum Gasteiger partial charge on any atom is 0.338 e. The van der Waals surface area contributed by atoms with E-state index in [0.717, 1.165) is 19.3 Å². The van der Waals surface area contributed by atoms with Crippen molar-refractivity contribution in [1.82, 2.24) is 0 Å². The zero-order valence-electron chi connectivity index (χ0n) is 12.6. The van der Waals surface area contributed by atoms with E-state index in [0.29, 0.717) is 12.2 Å². The van der Waals surface area contributed by atoms with Crippen LogP contribution in [0.1, 0.15) is 43.5 Å². The number of allylic oxidation sites excluding steroid dienone is 1. The quantitative estimate of drug-likeness (QED) is 0.417. The topological polar surface area (TPSA) is 52.6 Å². The molecule has 4 heteroatoms. The van der Waals surface area contributed by atoms with Gasteiger partial charge in [-0.3, -0.25) is 4.79 Å². The van der Waals surface area contributed by atoms with Crippen molar-refractivity contribution in [2.45, 2.75) is 39.2 Å². The predicted molar refractivity (Wildman–Crippen MR) is 80.9 cm³/mol. The highest BCUT2D eigenvalue weighted by Crippen LogP contribution is 2.05. The largest absolute Gasteiger partial charge is 0.466 e. The van der Waals surface area contributed by atoms with Gasteiger partial charge < -0.3 is 9.47 Å². The van der Waals surface area contributed by atoms with Gasteiger partial charge in [0, 0.05) is 6.92 Å². The fourth-order valence-electron chi connectivity index (χ4n) is 1.72. The van der Waals surface area contributed by atoms with Crippen molar-refractivity contribution in [3.63, 3.8) is 0 Å². The Labute approximate surface area is 125 Å². The maximum atomic E-state index is 11.8. The number of carbonyl (C=O) groups excluding carboxylic acids is 2. The molecule has 0 aliphatic heterocycles. The summed E-state index contributed by atoms with van der Waals surface area (Å²) in [6.07, 6.45) is 6.23. The van der Waals surface area contributed by atoms with E-state index in [9.17, 15) is 9.59 Å². The third-order valence-corrected chi connectivity index (χ3v) is 2.78. The molecule has 21 heavy (non-hydrogen) atoms. The van der Waals surface area contributed by atoms with E-state index in [-0.39, 0.29) is 18.0 Å². The summed E-state index contributed by atoms with van der Waals surface area (Å²) in [5, 5.41) is 0. The number of carbonyl (C=O) groups is 2. The minimum absolute atomic E-state index is 0.244. The molecule has 1 unspecified atom stereocenters. The Kier molecular flexibility index (Phi) is 7.87. The zero-order valence-corrected chi connectivity index (χ0v) is 12.6. The molecule has 0 amide bonds. The van der Waals surface area contributed by atoms with Crippen LogP contribution in [0.4, 0.5) is 0 Å². The number of rotatable bonds is 8. The van der Waals surface area contributed by atoms with Crippen molar-refractivity contribution in [3.8, 4) is 0 Å². The Morgan fingerprint density at radius 1 is 1.19 bits per heavy atom. The van der Waals surface area contributed by atoms with Crippen LogP contribution in [-0.4, -0.2) is 24.6 Å². The van der Waals surface area contributed by atoms with Gasteiger partial charge in [0.1, 0.15) is 6.10 Å². The van der Waals surface area contributed by atoms with Gasteiger partial charge in [-0.05, 0) is 44.4 Å². The summed E-state index contributed by atoms with van der Waals surface area (Å²) in [7, 11) is 0. The maximum absolute atomic E-state index is 11.8. The molecule has 0 fully saturated rings. The molecule has 1 atom stereocenters. The van der Waals surface area contributed by atoms with Crippen LogP contribution < -0.4 is 0 Å². The van der Waals surface area contributed by atoms with E-state index in [1.54, 1.807) is 24.3 Å². The molecule has 1 aromatic carbocycles. The number of benzene rings is 1. The molecular weight excluding hydrogens is 268 g/mol. The van der Waals surface area contributed by atoms with Crippen LogP contribution >= 0.6 is 0 Å². The number of hydrogen-bond acceptors (Lipinski definition) is 4. The van der Waals surface area contributed by atoms with Crippen molar-refractivity contribution in [2.24, 2.45) is 0 Å². The molecule has 0 N–H and O–H groups in total. The number of unbranched alkanes of at least 4 members (excludes halogenated alkanes) is 2. The molecule has 0 aliphatic carbocycles. The molecule has 4 nitrogen and oxygen atoms in total. The van der Waals surface area contributed by atoms with Crippen LogP contribution in [0.15, 0.2) is 42.5 Å². The van der Waals surface area contributed by atoms with E-state index in [4.69, 9.17) is 9.47 Å². The average Bonchev–Trinajstić information content (AvgIpc) is 2.46. The SMILES string of the molecule is CC(=O)OCCCC/C=C/C(C)OC(=O)c1ccccc1. The zero-order chi connectivity index (χ0) is 15.5. The molecule has 0 spiro atoms. The Hall–Kier alpha value is -2.10. The lowest BCUT2D eigenvalue weighted by molar-refractivity contribution is -0.141. The third kappa shape index (κ3) is 7.92. The van der Waals surface area contributed by atoms with Crippen molar-refractivity contribution < 1.29 is 19.1 Å². The first-order chi connectivity index (χ1) is 10.1. The Balaban J connectivity index is 2.18. The molecule has 0 radical (unpaired) electrons. The molecule has 0 aliphatic rings. The summed E-state index contributed by atoms with van der Waals surface area (Å²) in [4.78, 5) is 22.3. The van der Waals surface area contributed by atoms with E-state index < -0.39 is 0 Å². The van der Waals surface area contributed by atoms with Gasteiger partial charge in [0.25, 0.3) is 0 Å². The highest BCUT2D eigenvalue weighted by Gasteiger charge is 2.08. The van der Waals surface area contributed by atoms with Crippen molar-refractivity contribution in [2.75, 3.05) is 6.61 Å². The summed E-state index contributed by atoms with van der Waals surface area (Å²) in [6.45, 7) is 3.70. The lowest BCUT2D eigenvalue weighted by Gasteiger charge is -2.09. The van der Waals surface area contributed by atoms with Gasteiger partial charge in [-0.1, -0.05) is 24.3 Å². The Morgan fingerprint density at radius 3 is 2.57 bits per heavy atom. The van der Waals surface area contributed by atoms with Gasteiger partial charge in [-0.15, -0.1) is 0 Å². The van der Waals surface area contributed by atoms with Gasteiger partial charge in [0.05, 0.1) is 12.2 Å². The molecule has 0 heterocycles. The minimum Gasteiger partial charge on any atom is -0.466 e. The summed E-state index contributed by atoms with van der Waals surface area (Å²) in [5.41, 5.74) is 0.555. The first kappa shape index (κ1) is 17.0. The fraction of sp³-hybridized carbons (Fsp3) is 0.412. The highest BCUT2D eigenvalue weighted by molar-refractivity contribution is 5.89. The fourth-order valence-corrected chi connectivity index (χ4v) is 1.72. The summed E-state index contributed by atoms with van der Waals surface area (Å²) < 4.78 is 10.1. The first-order valence-electron chi connectivity index (χ1n) is 7.15. The van der Waals surface area contributed by atoms with E-state index in [2.05, 4.69) is 0 Å². The number of esters is 2. The van der Waals surface area contributed by atoms with Crippen LogP contribution in [-0.2, 0) is 14.3 Å². The molecule has 114 valence electrons. The summed E-state index contributed by atoms with van der Waals surface area (Å²) in [5.74, 6) is -0.561. The van der Waals surface area contributed by atoms with Crippen molar-refractivity contribution in [3.05, 3.63) is 48.0 Å². The van der Waals surface area contributed by atoms with Crippen LogP contribution in [0, 0.1) is 0 Å². The summed E-state index contributed by atoms with van der Waals surface area (Å²) in [6, 6.07) is 8.93. The van der Waals surface area contributed by atoms with Gasteiger partial charge >= 0.3 is 11.9 Å². The van der Waals surface area contributed by atoms with E-state index in [1.165, 1.54) is 6.92 Å². The first-order valence-corrected chi connectivity index (χ1v) is 7.15. The van der Waals surface area contributed by atoms with Crippen molar-refractivity contribution in [1.29, 1.82) is 0 Å². The van der Waals surface area contributed by atoms with Gasteiger partial charge in [-0.25, -0.2) is 4.79 Å². The van der Waals surface area contributed by atoms with Crippen LogP contribution in [0.25, 0.3) is 0 Å². The molecule has 1 aromatic rings. The van der Waals surface area contributed by atoms with Crippen LogP contribution in [0.2, 0.25) is 0 Å². The number of ether oxygens (including phenoxy) is 2. The van der Waals surface area contributed by atoms with Gasteiger partial charge in [-0.2, -0.15) is 0 Å². The lowest BCUT2D eigenvalue weighted by Crippen LogP contribution is -2.12. The van der Waals surface area contributed by atoms with Gasteiger partial charge in [0.15, 0.2) is 0 Å². The normalized spacial score (nSPS) is 12.1.